The van der Waals surface area contributed by atoms with Crippen LogP contribution in [0.1, 0.15) is 46.7 Å². The summed E-state index contributed by atoms with van der Waals surface area (Å²) in [7, 11) is 0. The molecule has 0 spiro atoms. The van der Waals surface area contributed by atoms with E-state index in [1.807, 2.05) is 35.0 Å². The van der Waals surface area contributed by atoms with E-state index in [2.05, 4.69) is 34.3 Å². The molecule has 4 rings (SSSR count). The van der Waals surface area contributed by atoms with E-state index in [1.54, 1.807) is 12.4 Å². The van der Waals surface area contributed by atoms with Gasteiger partial charge in [-0.25, -0.2) is 9.97 Å². The van der Waals surface area contributed by atoms with Crippen molar-refractivity contribution in [2.24, 2.45) is 0 Å². The Morgan fingerprint density at radius 3 is 2.92 bits per heavy atom. The molecule has 1 atom stereocenters. The first-order valence-electron chi connectivity index (χ1n) is 8.63. The minimum atomic E-state index is -0.0814. The lowest BCUT2D eigenvalue weighted by atomic mass is 10.1. The van der Waals surface area contributed by atoms with Gasteiger partial charge in [-0.2, -0.15) is 0 Å². The van der Waals surface area contributed by atoms with E-state index in [0.717, 1.165) is 30.9 Å². The zero-order valence-corrected chi connectivity index (χ0v) is 14.1. The number of nitrogens with zero attached hydrogens (tertiary/aromatic N) is 3. The molecule has 5 nitrogen and oxygen atoms in total. The minimum absolute atomic E-state index is 0.0814. The van der Waals surface area contributed by atoms with Crippen LogP contribution in [0.25, 0.3) is 5.82 Å². The van der Waals surface area contributed by atoms with E-state index in [0.29, 0.717) is 5.56 Å². The molecule has 5 heteroatoms. The minimum Gasteiger partial charge on any atom is -0.345 e. The largest absolute Gasteiger partial charge is 0.345 e. The van der Waals surface area contributed by atoms with Crippen molar-refractivity contribution in [3.63, 3.8) is 0 Å². The summed E-state index contributed by atoms with van der Waals surface area (Å²) < 4.78 is 1.94. The number of carbonyl (C=O) groups excluding carboxylic acids is 1. The van der Waals surface area contributed by atoms with E-state index in [1.165, 1.54) is 11.1 Å². The number of rotatable bonds is 4. The summed E-state index contributed by atoms with van der Waals surface area (Å²) in [5.41, 5.74) is 3.13. The van der Waals surface area contributed by atoms with Crippen molar-refractivity contribution in [1.82, 2.24) is 19.9 Å². The van der Waals surface area contributed by atoms with E-state index in [-0.39, 0.29) is 11.9 Å². The summed E-state index contributed by atoms with van der Waals surface area (Å²) in [6.45, 7) is 2.06. The summed E-state index contributed by atoms with van der Waals surface area (Å²) in [6.07, 6.45) is 8.07. The lowest BCUT2D eigenvalue weighted by Gasteiger charge is -2.14. The third kappa shape index (κ3) is 2.93. The lowest BCUT2D eigenvalue weighted by Crippen LogP contribution is -2.27. The van der Waals surface area contributed by atoms with Gasteiger partial charge in [-0.3, -0.25) is 9.36 Å². The SMILES string of the molecule is CCc1nccn1-c1ccc(C(=O)NC2CCc3ccccc32)cn1. The van der Waals surface area contributed by atoms with E-state index in [4.69, 9.17) is 0 Å². The highest BCUT2D eigenvalue weighted by Crippen LogP contribution is 2.30. The normalized spacial score (nSPS) is 15.8. The van der Waals surface area contributed by atoms with Crippen LogP contribution >= 0.6 is 0 Å². The fourth-order valence-corrected chi connectivity index (χ4v) is 3.42. The number of aromatic nitrogens is 3. The van der Waals surface area contributed by atoms with Crippen LogP contribution in [0, 0.1) is 0 Å². The first kappa shape index (κ1) is 15.6. The molecule has 0 bridgehead atoms. The monoisotopic (exact) mass is 332 g/mol. The topological polar surface area (TPSA) is 59.8 Å². The van der Waals surface area contributed by atoms with Gasteiger partial charge in [0.25, 0.3) is 5.91 Å². The van der Waals surface area contributed by atoms with E-state index in [9.17, 15) is 4.79 Å². The molecule has 3 aromatic rings. The van der Waals surface area contributed by atoms with Gasteiger partial charge in [-0.15, -0.1) is 0 Å². The Bertz CT molecular complexity index is 898. The Morgan fingerprint density at radius 1 is 1.24 bits per heavy atom. The molecule has 1 aliphatic rings. The molecule has 0 saturated heterocycles. The fourth-order valence-electron chi connectivity index (χ4n) is 3.42. The quantitative estimate of drug-likeness (QED) is 0.798. The van der Waals surface area contributed by atoms with Gasteiger partial charge in [-0.1, -0.05) is 31.2 Å². The molecule has 0 saturated carbocycles. The standard InChI is InChI=1S/C20H20N4O/c1-2-18-21-11-12-24(18)19-10-8-15(13-22-19)20(25)23-17-9-7-14-5-3-4-6-16(14)17/h3-6,8,10-13,17H,2,7,9H2,1H3,(H,23,25). The highest BCUT2D eigenvalue weighted by Gasteiger charge is 2.23. The Hall–Kier alpha value is -2.95. The van der Waals surface area contributed by atoms with Crippen LogP contribution in [0.2, 0.25) is 0 Å². The smallest absolute Gasteiger partial charge is 0.253 e. The zero-order valence-electron chi connectivity index (χ0n) is 14.1. The Kier molecular flexibility index (Phi) is 4.06. The number of hydrogen-bond donors (Lipinski definition) is 1. The summed E-state index contributed by atoms with van der Waals surface area (Å²) in [5, 5.41) is 3.13. The van der Waals surface area contributed by atoms with Crippen molar-refractivity contribution in [1.29, 1.82) is 0 Å². The molecule has 1 aliphatic carbocycles. The fraction of sp³-hybridized carbons (Fsp3) is 0.250. The molecule has 126 valence electrons. The van der Waals surface area contributed by atoms with Crippen molar-refractivity contribution in [2.45, 2.75) is 32.2 Å². The van der Waals surface area contributed by atoms with Crippen LogP contribution in [-0.4, -0.2) is 20.4 Å². The lowest BCUT2D eigenvalue weighted by molar-refractivity contribution is 0.0936. The van der Waals surface area contributed by atoms with Crippen molar-refractivity contribution < 1.29 is 4.79 Å². The van der Waals surface area contributed by atoms with Gasteiger partial charge in [-0.05, 0) is 36.1 Å². The molecule has 1 amide bonds. The van der Waals surface area contributed by atoms with Crippen molar-refractivity contribution in [3.05, 3.63) is 77.5 Å². The number of carbonyl (C=O) groups is 1. The summed E-state index contributed by atoms with van der Waals surface area (Å²) in [5.74, 6) is 1.64. The average molecular weight is 332 g/mol. The maximum Gasteiger partial charge on any atom is 0.253 e. The predicted molar refractivity (Wildman–Crippen MR) is 95.7 cm³/mol. The molecule has 1 unspecified atom stereocenters. The highest BCUT2D eigenvalue weighted by atomic mass is 16.1. The number of nitrogens with one attached hydrogen (secondary N) is 1. The van der Waals surface area contributed by atoms with Crippen LogP contribution in [0.4, 0.5) is 0 Å². The number of imidazole rings is 1. The molecule has 1 aromatic carbocycles. The third-order valence-electron chi connectivity index (χ3n) is 4.73. The molecule has 0 aliphatic heterocycles. The van der Waals surface area contributed by atoms with Gasteiger partial charge in [0.05, 0.1) is 11.6 Å². The zero-order chi connectivity index (χ0) is 17.2. The van der Waals surface area contributed by atoms with Crippen LogP contribution in [0.15, 0.2) is 55.0 Å². The van der Waals surface area contributed by atoms with Gasteiger partial charge >= 0.3 is 0 Å². The van der Waals surface area contributed by atoms with Crippen LogP contribution < -0.4 is 5.32 Å². The van der Waals surface area contributed by atoms with Gasteiger partial charge in [0, 0.05) is 25.0 Å². The molecule has 2 heterocycles. The average Bonchev–Trinajstić information content (AvgIpc) is 3.29. The van der Waals surface area contributed by atoms with Crippen LogP contribution in [0.3, 0.4) is 0 Å². The van der Waals surface area contributed by atoms with E-state index >= 15 is 0 Å². The number of amides is 1. The van der Waals surface area contributed by atoms with Crippen molar-refractivity contribution in [2.75, 3.05) is 0 Å². The van der Waals surface area contributed by atoms with Crippen molar-refractivity contribution in [3.8, 4) is 5.82 Å². The second-order valence-electron chi connectivity index (χ2n) is 6.24. The van der Waals surface area contributed by atoms with Crippen LogP contribution in [0.5, 0.6) is 0 Å². The number of hydrogen-bond acceptors (Lipinski definition) is 3. The molecular weight excluding hydrogens is 312 g/mol. The van der Waals surface area contributed by atoms with Gasteiger partial charge in [0.2, 0.25) is 0 Å². The molecule has 25 heavy (non-hydrogen) atoms. The molecule has 0 fully saturated rings. The van der Waals surface area contributed by atoms with Gasteiger partial charge in [0.1, 0.15) is 11.6 Å². The summed E-state index contributed by atoms with van der Waals surface area (Å²) in [6, 6.07) is 12.1. The Morgan fingerprint density at radius 2 is 2.12 bits per heavy atom. The molecule has 2 aromatic heterocycles. The first-order valence-corrected chi connectivity index (χ1v) is 8.63. The second-order valence-corrected chi connectivity index (χ2v) is 6.24. The Labute approximate surface area is 146 Å². The summed E-state index contributed by atoms with van der Waals surface area (Å²) in [4.78, 5) is 21.3. The molecule has 1 N–H and O–H groups in total. The van der Waals surface area contributed by atoms with Crippen LogP contribution in [-0.2, 0) is 12.8 Å². The van der Waals surface area contributed by atoms with Gasteiger partial charge < -0.3 is 5.32 Å². The summed E-state index contributed by atoms with van der Waals surface area (Å²) >= 11 is 0. The Balaban J connectivity index is 1.50. The molecule has 0 radical (unpaired) electrons. The van der Waals surface area contributed by atoms with E-state index < -0.39 is 0 Å². The number of benzene rings is 1. The number of pyridine rings is 1. The number of aryl methyl sites for hydroxylation is 2. The number of fused-ring (bicyclic) bond motifs is 1. The highest BCUT2D eigenvalue weighted by molar-refractivity contribution is 5.94. The van der Waals surface area contributed by atoms with Gasteiger partial charge in [0.15, 0.2) is 0 Å². The maximum atomic E-state index is 12.6. The maximum absolute atomic E-state index is 12.6. The van der Waals surface area contributed by atoms with Crippen molar-refractivity contribution >= 4 is 5.91 Å². The third-order valence-corrected chi connectivity index (χ3v) is 4.73. The predicted octanol–water partition coefficient (Wildman–Crippen LogP) is 3.25. The second kappa shape index (κ2) is 6.51. The first-order chi connectivity index (χ1) is 12.3. The molecular formula is C20H20N4O.